The molecule has 1 aromatic heterocycles. The second kappa shape index (κ2) is 14.1. The normalized spacial score (nSPS) is 14.4. The van der Waals surface area contributed by atoms with Gasteiger partial charge < -0.3 is 14.7 Å². The van der Waals surface area contributed by atoms with Crippen molar-refractivity contribution in [3.8, 4) is 0 Å². The van der Waals surface area contributed by atoms with E-state index in [1.165, 1.54) is 0 Å². The highest BCUT2D eigenvalue weighted by molar-refractivity contribution is 6.30. The predicted octanol–water partition coefficient (Wildman–Crippen LogP) is 3.86. The Labute approximate surface area is 218 Å². The molecular formula is C25H29ClF3N3O5. The summed E-state index contributed by atoms with van der Waals surface area (Å²) in [6.45, 7) is 2.46. The van der Waals surface area contributed by atoms with Crippen molar-refractivity contribution in [1.82, 2.24) is 14.8 Å². The minimum absolute atomic E-state index is 0.0898. The first-order valence-corrected chi connectivity index (χ1v) is 11.8. The van der Waals surface area contributed by atoms with Gasteiger partial charge in [0.25, 0.3) is 0 Å². The maximum Gasteiger partial charge on any atom is 0.490 e. The molecule has 37 heavy (non-hydrogen) atoms. The van der Waals surface area contributed by atoms with Crippen molar-refractivity contribution in [1.29, 1.82) is 0 Å². The van der Waals surface area contributed by atoms with Gasteiger partial charge in [-0.05, 0) is 48.7 Å². The van der Waals surface area contributed by atoms with E-state index in [0.717, 1.165) is 37.2 Å². The molecule has 0 unspecified atom stereocenters. The number of likely N-dealkylation sites (N-methyl/N-ethyl adjacent to an activating group) is 1. The zero-order valence-electron chi connectivity index (χ0n) is 20.5. The molecule has 3 rings (SSSR count). The lowest BCUT2D eigenvalue weighted by Gasteiger charge is -2.36. The summed E-state index contributed by atoms with van der Waals surface area (Å²) in [6.07, 6.45) is -1.28. The Hall–Kier alpha value is -3.02. The van der Waals surface area contributed by atoms with Gasteiger partial charge in [0.1, 0.15) is 0 Å². The van der Waals surface area contributed by atoms with E-state index in [1.54, 1.807) is 37.6 Å². The number of benzene rings is 1. The number of amides is 1. The lowest BCUT2D eigenvalue weighted by Crippen LogP contribution is -2.47. The topological polar surface area (TPSA) is 100 Å². The molecule has 1 fully saturated rings. The first-order chi connectivity index (χ1) is 17.4. The first-order valence-electron chi connectivity index (χ1n) is 11.4. The molecule has 0 radical (unpaired) electrons. The maximum absolute atomic E-state index is 12.7. The number of carbonyl (C=O) groups excluding carboxylic acids is 2. The second-order valence-electron chi connectivity index (χ2n) is 8.51. The Morgan fingerprint density at radius 3 is 2.22 bits per heavy atom. The van der Waals surface area contributed by atoms with Crippen molar-refractivity contribution in [2.24, 2.45) is 0 Å². The summed E-state index contributed by atoms with van der Waals surface area (Å²) in [4.78, 5) is 42.4. The van der Waals surface area contributed by atoms with Crippen LogP contribution in [0.4, 0.5) is 13.2 Å². The number of alkyl halides is 3. The molecule has 0 spiro atoms. The molecule has 1 amide bonds. The monoisotopic (exact) mass is 543 g/mol. The number of nitrogens with zero attached hydrogens (tertiary/aromatic N) is 3. The third kappa shape index (κ3) is 10.1. The predicted molar refractivity (Wildman–Crippen MR) is 130 cm³/mol. The number of likely N-dealkylation sites (tertiary alicyclic amines) is 1. The number of ketones is 1. The van der Waals surface area contributed by atoms with Gasteiger partial charge in [-0.3, -0.25) is 19.5 Å². The number of aliphatic carboxylic acids is 1. The van der Waals surface area contributed by atoms with Gasteiger partial charge in [-0.2, -0.15) is 13.2 Å². The average molecular weight is 544 g/mol. The summed E-state index contributed by atoms with van der Waals surface area (Å²) in [6, 6.07) is 11.0. The van der Waals surface area contributed by atoms with Crippen LogP contribution in [-0.2, 0) is 27.4 Å². The van der Waals surface area contributed by atoms with Crippen molar-refractivity contribution in [2.45, 2.75) is 38.1 Å². The Morgan fingerprint density at radius 2 is 1.73 bits per heavy atom. The quantitative estimate of drug-likeness (QED) is 0.505. The fourth-order valence-corrected chi connectivity index (χ4v) is 3.82. The van der Waals surface area contributed by atoms with Crippen LogP contribution in [0.1, 0.15) is 34.5 Å². The summed E-state index contributed by atoms with van der Waals surface area (Å²) < 4.78 is 36.8. The van der Waals surface area contributed by atoms with E-state index >= 15 is 0 Å². The molecule has 1 aliphatic heterocycles. The van der Waals surface area contributed by atoms with E-state index < -0.39 is 12.1 Å². The van der Waals surface area contributed by atoms with Gasteiger partial charge in [0.15, 0.2) is 5.78 Å². The maximum atomic E-state index is 12.7. The van der Waals surface area contributed by atoms with Gasteiger partial charge in [-0.25, -0.2) is 4.79 Å². The number of pyridine rings is 1. The number of carbonyl (C=O) groups is 3. The fourth-order valence-electron chi connectivity index (χ4n) is 3.69. The Kier molecular flexibility index (Phi) is 11.5. The molecule has 2 aromatic rings. The van der Waals surface area contributed by atoms with Crippen LogP contribution < -0.4 is 0 Å². The van der Waals surface area contributed by atoms with Crippen LogP contribution >= 0.6 is 11.6 Å². The van der Waals surface area contributed by atoms with Crippen molar-refractivity contribution in [2.75, 3.05) is 33.8 Å². The molecule has 0 aliphatic carbocycles. The molecular weight excluding hydrogens is 515 g/mol. The molecule has 1 aromatic carbocycles. The van der Waals surface area contributed by atoms with Gasteiger partial charge in [0.05, 0.1) is 25.3 Å². The van der Waals surface area contributed by atoms with Gasteiger partial charge in [0, 0.05) is 50.1 Å². The SMILES string of the molecule is COCc1ccc(CC(=O)N(C)C2CCN(CC(=O)c3ccc(Cl)cc3)CC2)cn1.O=C(O)C(F)(F)F. The molecule has 1 saturated heterocycles. The smallest absolute Gasteiger partial charge is 0.475 e. The van der Waals surface area contributed by atoms with E-state index in [1.807, 2.05) is 24.1 Å². The van der Waals surface area contributed by atoms with Crippen molar-refractivity contribution in [3.63, 3.8) is 0 Å². The number of aromatic nitrogens is 1. The molecule has 0 saturated carbocycles. The van der Waals surface area contributed by atoms with Crippen LogP contribution in [0.3, 0.4) is 0 Å². The minimum Gasteiger partial charge on any atom is -0.475 e. The minimum atomic E-state index is -5.08. The standard InChI is InChI=1S/C23H28ClN3O3.C2HF3O2/c1-26(23(29)13-17-3-8-20(16-30-2)25-14-17)21-9-11-27(12-10-21)15-22(28)18-4-6-19(24)7-5-18;3-2(4,5)1(6)7/h3-8,14,21H,9-13,15-16H2,1-2H3;(H,6,7). The van der Waals surface area contributed by atoms with E-state index in [-0.39, 0.29) is 17.7 Å². The number of piperidine rings is 1. The van der Waals surface area contributed by atoms with Crippen LogP contribution in [0.5, 0.6) is 0 Å². The van der Waals surface area contributed by atoms with Crippen LogP contribution in [0, 0.1) is 0 Å². The number of ether oxygens (including phenoxy) is 1. The zero-order valence-corrected chi connectivity index (χ0v) is 21.3. The van der Waals surface area contributed by atoms with Gasteiger partial charge in [-0.1, -0.05) is 17.7 Å². The third-order valence-corrected chi connectivity index (χ3v) is 6.06. The van der Waals surface area contributed by atoms with E-state index in [0.29, 0.717) is 30.2 Å². The number of Topliss-reactive ketones (excluding diaryl/α,β-unsaturated/α-hetero) is 1. The lowest BCUT2D eigenvalue weighted by molar-refractivity contribution is -0.192. The Morgan fingerprint density at radius 1 is 1.14 bits per heavy atom. The van der Waals surface area contributed by atoms with Crippen LogP contribution in [0.15, 0.2) is 42.6 Å². The average Bonchev–Trinajstić information content (AvgIpc) is 2.85. The van der Waals surface area contributed by atoms with E-state index in [9.17, 15) is 22.8 Å². The Balaban J connectivity index is 0.000000604. The molecule has 0 bridgehead atoms. The number of methoxy groups -OCH3 is 1. The summed E-state index contributed by atoms with van der Waals surface area (Å²) in [5.41, 5.74) is 2.43. The summed E-state index contributed by atoms with van der Waals surface area (Å²) in [5.74, 6) is -2.57. The highest BCUT2D eigenvalue weighted by Crippen LogP contribution is 2.18. The van der Waals surface area contributed by atoms with Crippen LogP contribution in [0.25, 0.3) is 0 Å². The lowest BCUT2D eigenvalue weighted by atomic mass is 10.0. The number of hydrogen-bond donors (Lipinski definition) is 1. The fraction of sp³-hybridized carbons (Fsp3) is 0.440. The molecule has 8 nitrogen and oxygen atoms in total. The molecule has 12 heteroatoms. The number of carboxylic acids is 1. The van der Waals surface area contributed by atoms with Crippen molar-refractivity contribution >= 4 is 29.3 Å². The molecule has 2 heterocycles. The summed E-state index contributed by atoms with van der Waals surface area (Å²) >= 11 is 5.89. The van der Waals surface area contributed by atoms with Crippen molar-refractivity contribution in [3.05, 3.63) is 64.4 Å². The largest absolute Gasteiger partial charge is 0.490 e. The summed E-state index contributed by atoms with van der Waals surface area (Å²) in [7, 11) is 3.50. The molecule has 202 valence electrons. The summed E-state index contributed by atoms with van der Waals surface area (Å²) in [5, 5.41) is 7.75. The first kappa shape index (κ1) is 30.2. The molecule has 1 N–H and O–H groups in total. The Bertz CT molecular complexity index is 1040. The van der Waals surface area contributed by atoms with E-state index in [4.69, 9.17) is 26.2 Å². The highest BCUT2D eigenvalue weighted by atomic mass is 35.5. The third-order valence-electron chi connectivity index (χ3n) is 5.81. The van der Waals surface area contributed by atoms with Crippen LogP contribution in [0.2, 0.25) is 5.02 Å². The molecule has 1 aliphatic rings. The van der Waals surface area contributed by atoms with E-state index in [2.05, 4.69) is 9.88 Å². The number of rotatable bonds is 8. The van der Waals surface area contributed by atoms with Gasteiger partial charge in [0.2, 0.25) is 5.91 Å². The molecule has 0 atom stereocenters. The number of halogens is 4. The van der Waals surface area contributed by atoms with Gasteiger partial charge >= 0.3 is 12.1 Å². The van der Waals surface area contributed by atoms with Crippen molar-refractivity contribution < 1.29 is 37.4 Å². The number of hydrogen-bond acceptors (Lipinski definition) is 6. The highest BCUT2D eigenvalue weighted by Gasteiger charge is 2.38. The van der Waals surface area contributed by atoms with Gasteiger partial charge in [-0.15, -0.1) is 0 Å². The second-order valence-corrected chi connectivity index (χ2v) is 8.95. The zero-order chi connectivity index (χ0) is 27.6. The van der Waals surface area contributed by atoms with Crippen LogP contribution in [-0.4, -0.2) is 83.6 Å². The number of carboxylic acid groups (broad SMARTS) is 1.